The third-order valence-electron chi connectivity index (χ3n) is 11.9. The molecule has 0 aliphatic rings. The number of fused-ring (bicyclic) bond motifs is 4. The Morgan fingerprint density at radius 1 is 0.609 bits per heavy atom. The van der Waals surface area contributed by atoms with Gasteiger partial charge in [-0.3, -0.25) is 4.57 Å². The minimum Gasteiger partial charge on any atom is -0.510 e. The molecule has 11 rings (SSSR count). The van der Waals surface area contributed by atoms with Crippen LogP contribution in [0.1, 0.15) is 82.9 Å². The van der Waals surface area contributed by atoms with Gasteiger partial charge in [0, 0.05) is 54.0 Å². The van der Waals surface area contributed by atoms with Crippen molar-refractivity contribution in [2.75, 3.05) is 0 Å². The van der Waals surface area contributed by atoms with Crippen LogP contribution >= 0.6 is 0 Å². The Hall–Kier alpha value is -7.33. The molecule has 0 spiro atoms. The molecule has 11 aromatic rings. The molecule has 0 saturated carbocycles. The van der Waals surface area contributed by atoms with E-state index in [4.69, 9.17) is 26.7 Å². The van der Waals surface area contributed by atoms with Crippen LogP contribution in [0.4, 0.5) is 0 Å². The molecule has 342 valence electrons. The average molecular weight is 1090 g/mol. The summed E-state index contributed by atoms with van der Waals surface area (Å²) in [6.45, 7) is 9.27. The molecule has 0 fully saturated rings. The summed E-state index contributed by atoms with van der Waals surface area (Å²) >= 11 is 0. The van der Waals surface area contributed by atoms with Crippen LogP contribution in [0, 0.1) is 25.3 Å². The van der Waals surface area contributed by atoms with E-state index in [1.54, 1.807) is 56.2 Å². The molecule has 8 aromatic carbocycles. The summed E-state index contributed by atoms with van der Waals surface area (Å²) in [5.41, 5.74) is 2.87. The van der Waals surface area contributed by atoms with E-state index in [1.165, 1.54) is 12.3 Å². The summed E-state index contributed by atoms with van der Waals surface area (Å²) in [4.78, 5) is 4.68. The first-order valence-corrected chi connectivity index (χ1v) is 21.9. The molecule has 0 aliphatic carbocycles. The maximum Gasteiger partial charge on any atom is 0.268 e. The molecule has 3 aromatic heterocycles. The Balaban J connectivity index is 0.00000838. The van der Waals surface area contributed by atoms with Gasteiger partial charge >= 0.3 is 0 Å². The first kappa shape index (κ1) is 28.9. The Labute approximate surface area is 444 Å². The molecule has 6 heteroatoms. The fourth-order valence-corrected chi connectivity index (χ4v) is 8.53. The van der Waals surface area contributed by atoms with Crippen LogP contribution in [-0.2, 0) is 31.9 Å². The van der Waals surface area contributed by atoms with Crippen LogP contribution in [-0.4, -0.2) is 14.1 Å². The van der Waals surface area contributed by atoms with E-state index in [9.17, 15) is 2.74 Å². The van der Waals surface area contributed by atoms with Gasteiger partial charge in [-0.15, -0.1) is 29.7 Å². The zero-order valence-corrected chi connectivity index (χ0v) is 40.5. The summed E-state index contributed by atoms with van der Waals surface area (Å²) in [5.74, 6) is 0.502. The Kier molecular flexibility index (Phi) is 7.51. The molecule has 0 unspecified atom stereocenters. The van der Waals surface area contributed by atoms with E-state index < -0.39 is 108 Å². The van der Waals surface area contributed by atoms with Gasteiger partial charge in [-0.2, -0.15) is 18.2 Å². The van der Waals surface area contributed by atoms with E-state index in [2.05, 4.69) is 29.5 Å². The minimum atomic E-state index is -2.84. The molecule has 69 heavy (non-hydrogen) atoms. The summed E-state index contributed by atoms with van der Waals surface area (Å²) in [5, 5.41) is 1.45. The molecule has 0 radical (unpaired) electrons. The largest absolute Gasteiger partial charge is 0.510 e. The van der Waals surface area contributed by atoms with Crippen molar-refractivity contribution in [2.24, 2.45) is 0 Å². The third kappa shape index (κ3) is 8.51. The molecule has 0 N–H and O–H groups in total. The number of hydrogen-bond donors (Lipinski definition) is 0. The standard InChI is InChI=1S/C63H52N4O.Pt/c1-42-34-60(64-40-54(42)45-24-15-10-16-25-45)67-56-29-18-17-28-51(56)52-32-31-50(39-58(52)67)68-49-27-19-26-48(38-49)65-41-66(57-33-30-46(35-59(57)65)43-20-11-8-12-21-43)61-53(44-22-13-9-14-23-44)36-47(62(2,3)4)37-55(61)63(5,6)7;/h8-37,40H,1-7H3;/q-2;/i1D3,8D,9D,10D,11D,12D,13D,14D,15D,16D,20D,21D,22D,23D,24D,25D;. The van der Waals surface area contributed by atoms with Crippen LogP contribution in [0.3, 0.4) is 0 Å². The van der Waals surface area contributed by atoms with Crippen molar-refractivity contribution in [1.29, 1.82) is 0 Å². The van der Waals surface area contributed by atoms with Crippen LogP contribution in [0.5, 0.6) is 11.5 Å². The number of hydrogen-bond acceptors (Lipinski definition) is 2. The van der Waals surface area contributed by atoms with E-state index in [0.29, 0.717) is 44.4 Å². The summed E-state index contributed by atoms with van der Waals surface area (Å²) < 4.78 is 168. The van der Waals surface area contributed by atoms with Crippen LogP contribution in [0.15, 0.2) is 188 Å². The molecule has 5 nitrogen and oxygen atoms in total. The van der Waals surface area contributed by atoms with Crippen molar-refractivity contribution in [2.45, 2.75) is 59.2 Å². The fourth-order valence-electron chi connectivity index (χ4n) is 8.53. The van der Waals surface area contributed by atoms with Crippen LogP contribution in [0.25, 0.3) is 83.4 Å². The number of imidazole rings is 1. The number of aryl methyl sites for hydroxylation is 1. The monoisotopic (exact) mass is 1090 g/mol. The Morgan fingerprint density at radius 3 is 1.99 bits per heavy atom. The average Bonchev–Trinajstić information content (AvgIpc) is 1.96. The number of nitrogens with zero attached hydrogens (tertiary/aromatic N) is 4. The normalized spacial score (nSPS) is 15.7. The van der Waals surface area contributed by atoms with Crippen molar-refractivity contribution >= 4 is 32.8 Å². The van der Waals surface area contributed by atoms with Gasteiger partial charge in [-0.1, -0.05) is 180 Å². The smallest absolute Gasteiger partial charge is 0.268 e. The number of aromatic nitrogens is 4. The van der Waals surface area contributed by atoms with Gasteiger partial charge < -0.3 is 13.9 Å². The van der Waals surface area contributed by atoms with Gasteiger partial charge in [0.1, 0.15) is 5.82 Å². The van der Waals surface area contributed by atoms with E-state index in [1.807, 2.05) is 77.9 Å². The molecule has 0 aliphatic heterocycles. The fraction of sp³-hybridized carbons (Fsp3) is 0.143. The molecular formula is C63H52N4OPt-2. The van der Waals surface area contributed by atoms with E-state index in [-0.39, 0.29) is 71.8 Å². The van der Waals surface area contributed by atoms with Gasteiger partial charge in [0.2, 0.25) is 0 Å². The summed E-state index contributed by atoms with van der Waals surface area (Å²) in [7, 11) is 0. The number of rotatable bonds is 8. The summed E-state index contributed by atoms with van der Waals surface area (Å²) in [6, 6.07) is 25.1. The number of benzene rings is 8. The van der Waals surface area contributed by atoms with Gasteiger partial charge in [-0.25, -0.2) is 4.98 Å². The van der Waals surface area contributed by atoms with Crippen LogP contribution < -0.4 is 9.30 Å². The first-order valence-electron chi connectivity index (χ1n) is 30.9. The molecule has 0 atom stereocenters. The Morgan fingerprint density at radius 2 is 1.29 bits per heavy atom. The third-order valence-corrected chi connectivity index (χ3v) is 11.9. The van der Waals surface area contributed by atoms with Crippen molar-refractivity contribution in [3.8, 4) is 62.1 Å². The van der Waals surface area contributed by atoms with Crippen molar-refractivity contribution < 1.29 is 55.0 Å². The van der Waals surface area contributed by atoms with Gasteiger partial charge in [0.25, 0.3) is 6.33 Å². The second kappa shape index (κ2) is 18.0. The number of ether oxygens (including phenoxy) is 1. The van der Waals surface area contributed by atoms with Crippen molar-refractivity contribution in [1.82, 2.24) is 14.1 Å². The molecule has 3 heterocycles. The second-order valence-corrected chi connectivity index (χ2v) is 18.4. The van der Waals surface area contributed by atoms with Crippen molar-refractivity contribution in [3.63, 3.8) is 0 Å². The topological polar surface area (TPSA) is 35.9 Å². The predicted molar refractivity (Wildman–Crippen MR) is 278 cm³/mol. The zero-order chi connectivity index (χ0) is 62.3. The molecular weight excluding hydrogens is 1020 g/mol. The zero-order valence-electron chi connectivity index (χ0n) is 56.3. The quantitative estimate of drug-likeness (QED) is 0.112. The van der Waals surface area contributed by atoms with Gasteiger partial charge in [-0.05, 0) is 91.5 Å². The number of para-hydroxylation sites is 1. The minimum absolute atomic E-state index is 0. The summed E-state index contributed by atoms with van der Waals surface area (Å²) in [6.07, 6.45) is 4.71. The SMILES string of the molecule is [2H]c1c([2H])c([2H])c(-c2ccc3c(c2)n(-c2[c-]c(Oc4[c-]c5c(cc4)c4ccccc4n5-c4cc(C([2H])([2H])[2H])c(-c5c([2H])c([2H])c([2H])c([2H])c5[2H])cn4)ccc2)[c-][n+]3-c2c(-c3c([2H])c([2H])c([2H])c([2H])c3[2H])cc(C(C)(C)C)cc2C(C)(C)C)c([2H])c1[2H].[Pt]. The van der Waals surface area contributed by atoms with E-state index >= 15 is 0 Å². The van der Waals surface area contributed by atoms with Gasteiger partial charge in [0.15, 0.2) is 0 Å². The Bertz CT molecular complexity index is 4620. The predicted octanol–water partition coefficient (Wildman–Crippen LogP) is 15.5. The van der Waals surface area contributed by atoms with Gasteiger partial charge in [0.05, 0.1) is 37.3 Å². The first-order chi connectivity index (χ1) is 40.3. The second-order valence-electron chi connectivity index (χ2n) is 18.4. The number of pyridine rings is 1. The molecule has 0 bridgehead atoms. The van der Waals surface area contributed by atoms with Crippen LogP contribution in [0.2, 0.25) is 0 Å². The van der Waals surface area contributed by atoms with Crippen molar-refractivity contribution in [3.05, 3.63) is 223 Å². The maximum absolute atomic E-state index is 9.29. The van der Waals surface area contributed by atoms with E-state index in [0.717, 1.165) is 16.5 Å². The molecule has 0 amide bonds. The molecule has 0 saturated heterocycles. The maximum atomic E-state index is 9.29.